The van der Waals surface area contributed by atoms with Gasteiger partial charge in [0.15, 0.2) is 0 Å². The van der Waals surface area contributed by atoms with Crippen LogP contribution in [0.15, 0.2) is 0 Å². The fraction of sp³-hybridized carbons (Fsp3) is 1.00. The van der Waals surface area contributed by atoms with Crippen molar-refractivity contribution >= 4 is 0 Å². The zero-order chi connectivity index (χ0) is 14.8. The third kappa shape index (κ3) is 4.21. The Morgan fingerprint density at radius 1 is 1.05 bits per heavy atom. The van der Waals surface area contributed by atoms with Gasteiger partial charge in [-0.05, 0) is 68.2 Å². The van der Waals surface area contributed by atoms with Gasteiger partial charge in [0.25, 0.3) is 0 Å². The molecule has 2 fully saturated rings. The molecule has 2 N–H and O–H groups in total. The van der Waals surface area contributed by atoms with Crippen LogP contribution in [-0.4, -0.2) is 30.6 Å². The topological polar surface area (TPSA) is 29.3 Å². The first-order chi connectivity index (χ1) is 9.40. The molecule has 1 heterocycles. The van der Waals surface area contributed by atoms with Gasteiger partial charge in [0.1, 0.15) is 0 Å². The Morgan fingerprint density at radius 2 is 1.70 bits per heavy atom. The highest BCUT2D eigenvalue weighted by atomic mass is 15.2. The lowest BCUT2D eigenvalue weighted by molar-refractivity contribution is 0.0756. The number of nitrogens with zero attached hydrogens (tertiary/aromatic N) is 1. The Balaban J connectivity index is 1.80. The van der Waals surface area contributed by atoms with Gasteiger partial charge in [-0.25, -0.2) is 0 Å². The second-order valence-electron chi connectivity index (χ2n) is 8.60. The smallest absolute Gasteiger partial charge is 0.0221 e. The number of nitrogens with two attached hydrogens (primary N) is 1. The summed E-state index contributed by atoms with van der Waals surface area (Å²) in [5, 5.41) is 0. The zero-order valence-corrected chi connectivity index (χ0v) is 14.2. The third-order valence-corrected chi connectivity index (χ3v) is 5.94. The van der Waals surface area contributed by atoms with Crippen molar-refractivity contribution in [3.05, 3.63) is 0 Å². The van der Waals surface area contributed by atoms with Crippen molar-refractivity contribution < 1.29 is 0 Å². The summed E-state index contributed by atoms with van der Waals surface area (Å²) < 4.78 is 0. The standard InChI is InChI=1S/C18H36N2/c1-14-9-10-20(17(11-14)12-19)13-15-5-7-16(8-6-15)18(2,3)4/h14-17H,5-13,19H2,1-4H3. The molecule has 118 valence electrons. The number of hydrogen-bond acceptors (Lipinski definition) is 2. The maximum absolute atomic E-state index is 6.00. The molecular weight excluding hydrogens is 244 g/mol. The van der Waals surface area contributed by atoms with Crippen molar-refractivity contribution in [2.24, 2.45) is 28.9 Å². The lowest BCUT2D eigenvalue weighted by atomic mass is 9.69. The SMILES string of the molecule is CC1CCN(CC2CCC(C(C)(C)C)CC2)C(CN)C1. The van der Waals surface area contributed by atoms with E-state index in [-0.39, 0.29) is 0 Å². The molecule has 0 aromatic rings. The van der Waals surface area contributed by atoms with Crippen LogP contribution >= 0.6 is 0 Å². The quantitative estimate of drug-likeness (QED) is 0.849. The van der Waals surface area contributed by atoms with Gasteiger partial charge in [-0.1, -0.05) is 27.7 Å². The van der Waals surface area contributed by atoms with E-state index >= 15 is 0 Å². The Bertz CT molecular complexity index is 286. The molecule has 2 aliphatic rings. The third-order valence-electron chi connectivity index (χ3n) is 5.94. The van der Waals surface area contributed by atoms with Crippen molar-refractivity contribution in [2.75, 3.05) is 19.6 Å². The van der Waals surface area contributed by atoms with Crippen molar-refractivity contribution in [3.8, 4) is 0 Å². The highest BCUT2D eigenvalue weighted by Crippen LogP contribution is 2.40. The molecule has 2 unspecified atom stereocenters. The summed E-state index contributed by atoms with van der Waals surface area (Å²) >= 11 is 0. The lowest BCUT2D eigenvalue weighted by Crippen LogP contribution is -2.48. The Hall–Kier alpha value is -0.0800. The van der Waals surface area contributed by atoms with Crippen LogP contribution < -0.4 is 5.73 Å². The van der Waals surface area contributed by atoms with Crippen LogP contribution in [-0.2, 0) is 0 Å². The minimum absolute atomic E-state index is 0.505. The van der Waals surface area contributed by atoms with Crippen molar-refractivity contribution in [2.45, 2.75) is 72.3 Å². The predicted octanol–water partition coefficient (Wildman–Crippen LogP) is 3.90. The summed E-state index contributed by atoms with van der Waals surface area (Å²) in [5.74, 6) is 2.73. The van der Waals surface area contributed by atoms with E-state index in [0.29, 0.717) is 11.5 Å². The molecule has 0 amide bonds. The summed E-state index contributed by atoms with van der Waals surface area (Å²) in [6, 6.07) is 0.652. The Kier molecular flexibility index (Phi) is 5.53. The van der Waals surface area contributed by atoms with E-state index < -0.39 is 0 Å². The van der Waals surface area contributed by atoms with Crippen LogP contribution in [0.5, 0.6) is 0 Å². The van der Waals surface area contributed by atoms with Crippen LogP contribution in [0.2, 0.25) is 0 Å². The van der Waals surface area contributed by atoms with E-state index in [1.807, 2.05) is 0 Å². The summed E-state index contributed by atoms with van der Waals surface area (Å²) in [6.07, 6.45) is 8.43. The van der Waals surface area contributed by atoms with Crippen LogP contribution in [0.1, 0.15) is 66.2 Å². The van der Waals surface area contributed by atoms with Crippen molar-refractivity contribution in [1.82, 2.24) is 4.90 Å². The molecule has 2 atom stereocenters. The van der Waals surface area contributed by atoms with E-state index in [4.69, 9.17) is 5.73 Å². The van der Waals surface area contributed by atoms with E-state index in [1.165, 1.54) is 51.6 Å². The Morgan fingerprint density at radius 3 is 2.25 bits per heavy atom. The largest absolute Gasteiger partial charge is 0.329 e. The summed E-state index contributed by atoms with van der Waals surface area (Å²) in [7, 11) is 0. The molecule has 0 spiro atoms. The maximum Gasteiger partial charge on any atom is 0.0221 e. The second kappa shape index (κ2) is 6.79. The first-order valence-corrected chi connectivity index (χ1v) is 8.84. The molecule has 1 aliphatic heterocycles. The van der Waals surface area contributed by atoms with E-state index in [9.17, 15) is 0 Å². The molecule has 0 bridgehead atoms. The first-order valence-electron chi connectivity index (χ1n) is 8.84. The number of piperidine rings is 1. The van der Waals surface area contributed by atoms with Gasteiger partial charge >= 0.3 is 0 Å². The molecule has 1 saturated carbocycles. The van der Waals surface area contributed by atoms with Gasteiger partial charge in [0, 0.05) is 19.1 Å². The molecule has 0 radical (unpaired) electrons. The van der Waals surface area contributed by atoms with Crippen LogP contribution in [0.3, 0.4) is 0 Å². The van der Waals surface area contributed by atoms with E-state index in [1.54, 1.807) is 0 Å². The average molecular weight is 280 g/mol. The molecule has 20 heavy (non-hydrogen) atoms. The first kappa shape index (κ1) is 16.3. The number of likely N-dealkylation sites (tertiary alicyclic amines) is 1. The van der Waals surface area contributed by atoms with Crippen LogP contribution in [0.4, 0.5) is 0 Å². The van der Waals surface area contributed by atoms with E-state index in [0.717, 1.165) is 24.3 Å². The molecule has 1 aliphatic carbocycles. The van der Waals surface area contributed by atoms with Gasteiger partial charge in [0.05, 0.1) is 0 Å². The molecule has 2 rings (SSSR count). The molecule has 2 nitrogen and oxygen atoms in total. The summed E-state index contributed by atoms with van der Waals surface area (Å²) in [6.45, 7) is 13.1. The van der Waals surface area contributed by atoms with Crippen LogP contribution in [0.25, 0.3) is 0 Å². The minimum atomic E-state index is 0.505. The number of hydrogen-bond donors (Lipinski definition) is 1. The van der Waals surface area contributed by atoms with Crippen molar-refractivity contribution in [3.63, 3.8) is 0 Å². The highest BCUT2D eigenvalue weighted by Gasteiger charge is 2.32. The monoisotopic (exact) mass is 280 g/mol. The maximum atomic E-state index is 6.00. The second-order valence-corrected chi connectivity index (χ2v) is 8.60. The Labute approximate surface area is 126 Å². The number of rotatable bonds is 3. The minimum Gasteiger partial charge on any atom is -0.329 e. The molecule has 2 heteroatoms. The fourth-order valence-corrected chi connectivity index (χ4v) is 4.33. The van der Waals surface area contributed by atoms with Gasteiger partial charge in [-0.15, -0.1) is 0 Å². The normalized spacial score (nSPS) is 37.0. The molecular formula is C18H36N2. The van der Waals surface area contributed by atoms with E-state index in [2.05, 4.69) is 32.6 Å². The lowest BCUT2D eigenvalue weighted by Gasteiger charge is -2.42. The van der Waals surface area contributed by atoms with Crippen LogP contribution in [0, 0.1) is 23.2 Å². The molecule has 0 aromatic heterocycles. The van der Waals surface area contributed by atoms with Gasteiger partial charge in [0.2, 0.25) is 0 Å². The molecule has 0 aromatic carbocycles. The van der Waals surface area contributed by atoms with Gasteiger partial charge in [-0.2, -0.15) is 0 Å². The van der Waals surface area contributed by atoms with Gasteiger partial charge < -0.3 is 5.73 Å². The fourth-order valence-electron chi connectivity index (χ4n) is 4.33. The van der Waals surface area contributed by atoms with Gasteiger partial charge in [-0.3, -0.25) is 4.90 Å². The zero-order valence-electron chi connectivity index (χ0n) is 14.2. The predicted molar refractivity (Wildman–Crippen MR) is 87.7 cm³/mol. The summed E-state index contributed by atoms with van der Waals surface area (Å²) in [5.41, 5.74) is 6.50. The van der Waals surface area contributed by atoms with Crippen molar-refractivity contribution in [1.29, 1.82) is 0 Å². The summed E-state index contributed by atoms with van der Waals surface area (Å²) in [4.78, 5) is 2.71. The molecule has 1 saturated heterocycles. The highest BCUT2D eigenvalue weighted by molar-refractivity contribution is 4.85. The average Bonchev–Trinajstić information content (AvgIpc) is 2.40.